The van der Waals surface area contributed by atoms with Crippen LogP contribution >= 0.6 is 0 Å². The predicted octanol–water partition coefficient (Wildman–Crippen LogP) is 3.24. The van der Waals surface area contributed by atoms with Crippen LogP contribution in [0.2, 0.25) is 0 Å². The maximum absolute atomic E-state index is 12.6. The van der Waals surface area contributed by atoms with Gasteiger partial charge in [0.25, 0.3) is 5.56 Å². The number of aromatic amines is 1. The Bertz CT molecular complexity index is 1400. The van der Waals surface area contributed by atoms with E-state index >= 15 is 0 Å². The molecule has 6 rings (SSSR count). The Morgan fingerprint density at radius 2 is 1.77 bits per heavy atom. The molecule has 0 bridgehead atoms. The molecule has 1 aliphatic carbocycles. The molecule has 9 heteroatoms. The zero-order valence-electron chi connectivity index (χ0n) is 23.4. The number of piperazine rings is 1. The number of aliphatic imine (C=N–C) groups is 1. The molecule has 4 heterocycles. The first-order valence-corrected chi connectivity index (χ1v) is 14.7. The molecule has 2 aliphatic heterocycles. The SMILES string of the molecule is Cc1cc(C)c(CN=C(N)c2cc(N3CCN(C4CCNCC4)CC3)cc3c2cnn3C2CCCC2)c(=O)[nH]1. The molecule has 3 aliphatic rings. The van der Waals surface area contributed by atoms with Gasteiger partial charge in [-0.15, -0.1) is 0 Å². The van der Waals surface area contributed by atoms with E-state index in [0.29, 0.717) is 23.5 Å². The van der Waals surface area contributed by atoms with E-state index in [0.717, 1.165) is 67.0 Å². The summed E-state index contributed by atoms with van der Waals surface area (Å²) in [5, 5.41) is 9.38. The van der Waals surface area contributed by atoms with E-state index in [9.17, 15) is 4.79 Å². The van der Waals surface area contributed by atoms with Gasteiger partial charge in [0.2, 0.25) is 0 Å². The van der Waals surface area contributed by atoms with Crippen molar-refractivity contribution in [1.82, 2.24) is 25.0 Å². The van der Waals surface area contributed by atoms with Crippen LogP contribution in [0.4, 0.5) is 5.69 Å². The summed E-state index contributed by atoms with van der Waals surface area (Å²) in [6.07, 6.45) is 9.29. The molecule has 0 amide bonds. The number of fused-ring (bicyclic) bond motifs is 1. The minimum Gasteiger partial charge on any atom is -0.383 e. The predicted molar refractivity (Wildman–Crippen MR) is 158 cm³/mol. The first-order chi connectivity index (χ1) is 19.0. The van der Waals surface area contributed by atoms with Crippen molar-refractivity contribution in [2.24, 2.45) is 10.7 Å². The summed E-state index contributed by atoms with van der Waals surface area (Å²) in [4.78, 5) is 25.4. The van der Waals surface area contributed by atoms with Crippen LogP contribution in [-0.2, 0) is 6.54 Å². The lowest BCUT2D eigenvalue weighted by Crippen LogP contribution is -2.52. The van der Waals surface area contributed by atoms with Gasteiger partial charge in [0.1, 0.15) is 5.84 Å². The molecule has 39 heavy (non-hydrogen) atoms. The van der Waals surface area contributed by atoms with E-state index < -0.39 is 0 Å². The topological polar surface area (TPSA) is 108 Å². The number of hydrogen-bond donors (Lipinski definition) is 3. The highest BCUT2D eigenvalue weighted by molar-refractivity contribution is 6.09. The number of hydrogen-bond acceptors (Lipinski definition) is 6. The maximum Gasteiger partial charge on any atom is 0.253 e. The summed E-state index contributed by atoms with van der Waals surface area (Å²) in [7, 11) is 0. The van der Waals surface area contributed by atoms with E-state index in [-0.39, 0.29) is 12.1 Å². The fourth-order valence-corrected chi connectivity index (χ4v) is 6.81. The number of anilines is 1. The second-order valence-electron chi connectivity index (χ2n) is 11.6. The van der Waals surface area contributed by atoms with Gasteiger partial charge in [0.15, 0.2) is 0 Å². The average Bonchev–Trinajstić information content (AvgIpc) is 3.62. The second-order valence-corrected chi connectivity index (χ2v) is 11.6. The van der Waals surface area contributed by atoms with Crippen molar-refractivity contribution in [3.63, 3.8) is 0 Å². The molecule has 3 aromatic rings. The summed E-state index contributed by atoms with van der Waals surface area (Å²) < 4.78 is 2.22. The Kier molecular flexibility index (Phi) is 7.44. The zero-order chi connectivity index (χ0) is 26.9. The summed E-state index contributed by atoms with van der Waals surface area (Å²) in [5.74, 6) is 0.459. The van der Waals surface area contributed by atoms with Crippen molar-refractivity contribution in [1.29, 1.82) is 0 Å². The number of aryl methyl sites for hydroxylation is 2. The first-order valence-electron chi connectivity index (χ1n) is 14.7. The fraction of sp³-hybridized carbons (Fsp3) is 0.567. The lowest BCUT2D eigenvalue weighted by molar-refractivity contribution is 0.153. The normalized spacial score (nSPS) is 20.4. The summed E-state index contributed by atoms with van der Waals surface area (Å²) >= 11 is 0. The van der Waals surface area contributed by atoms with Crippen LogP contribution in [0.25, 0.3) is 10.9 Å². The third-order valence-corrected chi connectivity index (χ3v) is 9.05. The Hall–Kier alpha value is -3.17. The molecular weight excluding hydrogens is 488 g/mol. The van der Waals surface area contributed by atoms with Crippen molar-refractivity contribution in [3.8, 4) is 0 Å². The van der Waals surface area contributed by atoms with E-state index in [1.54, 1.807) is 0 Å². The van der Waals surface area contributed by atoms with Gasteiger partial charge in [-0.25, -0.2) is 0 Å². The number of nitrogens with one attached hydrogen (secondary N) is 2. The van der Waals surface area contributed by atoms with Gasteiger partial charge >= 0.3 is 0 Å². The molecule has 9 nitrogen and oxygen atoms in total. The molecule has 0 spiro atoms. The number of pyridine rings is 1. The lowest BCUT2D eigenvalue weighted by atomic mass is 10.0. The largest absolute Gasteiger partial charge is 0.383 e. The molecule has 1 saturated carbocycles. The van der Waals surface area contributed by atoms with Gasteiger partial charge in [-0.1, -0.05) is 12.8 Å². The molecule has 0 radical (unpaired) electrons. The van der Waals surface area contributed by atoms with Crippen molar-refractivity contribution >= 4 is 22.4 Å². The van der Waals surface area contributed by atoms with E-state index in [4.69, 9.17) is 15.8 Å². The van der Waals surface area contributed by atoms with Gasteiger partial charge < -0.3 is 20.9 Å². The van der Waals surface area contributed by atoms with Crippen molar-refractivity contribution in [2.75, 3.05) is 44.2 Å². The molecule has 2 aromatic heterocycles. The third-order valence-electron chi connectivity index (χ3n) is 9.05. The van der Waals surface area contributed by atoms with Crippen molar-refractivity contribution in [3.05, 3.63) is 57.1 Å². The Morgan fingerprint density at radius 3 is 2.49 bits per heavy atom. The Labute approximate surface area is 230 Å². The monoisotopic (exact) mass is 530 g/mol. The molecular formula is C30H42N8O. The summed E-state index contributed by atoms with van der Waals surface area (Å²) in [6, 6.07) is 7.62. The molecule has 3 fully saturated rings. The van der Waals surface area contributed by atoms with E-state index in [1.165, 1.54) is 44.2 Å². The number of aromatic nitrogens is 3. The van der Waals surface area contributed by atoms with Gasteiger partial charge in [0, 0.05) is 60.1 Å². The molecule has 2 saturated heterocycles. The van der Waals surface area contributed by atoms with Gasteiger partial charge in [0.05, 0.1) is 24.3 Å². The maximum atomic E-state index is 12.6. The second kappa shape index (κ2) is 11.1. The van der Waals surface area contributed by atoms with Crippen LogP contribution in [0.3, 0.4) is 0 Å². The van der Waals surface area contributed by atoms with Crippen LogP contribution in [0.15, 0.2) is 34.2 Å². The van der Waals surface area contributed by atoms with E-state index in [2.05, 4.69) is 36.9 Å². The zero-order valence-corrected chi connectivity index (χ0v) is 23.4. The number of rotatable bonds is 6. The van der Waals surface area contributed by atoms with Crippen molar-refractivity contribution < 1.29 is 0 Å². The van der Waals surface area contributed by atoms with Gasteiger partial charge in [-0.3, -0.25) is 19.4 Å². The van der Waals surface area contributed by atoms with Gasteiger partial charge in [-0.2, -0.15) is 5.10 Å². The van der Waals surface area contributed by atoms with Crippen LogP contribution in [-0.4, -0.2) is 70.8 Å². The quantitative estimate of drug-likeness (QED) is 0.334. The Balaban J connectivity index is 1.32. The smallest absolute Gasteiger partial charge is 0.253 e. The highest BCUT2D eigenvalue weighted by Gasteiger charge is 2.27. The Morgan fingerprint density at radius 1 is 1.03 bits per heavy atom. The minimum atomic E-state index is -0.0939. The van der Waals surface area contributed by atoms with Crippen LogP contribution in [0.5, 0.6) is 0 Å². The number of nitrogens with zero attached hydrogens (tertiary/aromatic N) is 5. The standard InChI is InChI=1S/C30H42N8O/c1-20-15-21(2)35-30(39)26(20)18-33-29(31)25-16-24(17-28-27(25)19-34-38(28)23-5-3-4-6-23)37-13-11-36(12-14-37)22-7-9-32-10-8-22/h15-17,19,22-23,32H,3-14,18H2,1-2H3,(H2,31,33)(H,35,39). The third kappa shape index (κ3) is 5.34. The highest BCUT2D eigenvalue weighted by atomic mass is 16.1. The number of H-pyrrole nitrogens is 1. The fourth-order valence-electron chi connectivity index (χ4n) is 6.81. The van der Waals surface area contributed by atoms with Crippen molar-refractivity contribution in [2.45, 2.75) is 71.0 Å². The van der Waals surface area contributed by atoms with Crippen LogP contribution < -0.4 is 21.5 Å². The molecule has 0 atom stereocenters. The first kappa shape index (κ1) is 26.1. The number of piperidine rings is 1. The molecule has 0 unspecified atom stereocenters. The number of nitrogens with two attached hydrogens (primary N) is 1. The summed E-state index contributed by atoms with van der Waals surface area (Å²) in [5.41, 5.74) is 12.3. The highest BCUT2D eigenvalue weighted by Crippen LogP contribution is 2.35. The summed E-state index contributed by atoms with van der Waals surface area (Å²) in [6.45, 7) is 10.5. The number of amidine groups is 1. The number of benzene rings is 1. The van der Waals surface area contributed by atoms with Crippen LogP contribution in [0, 0.1) is 13.8 Å². The molecule has 1 aromatic carbocycles. The van der Waals surface area contributed by atoms with Gasteiger partial charge in [-0.05, 0) is 76.4 Å². The molecule has 208 valence electrons. The van der Waals surface area contributed by atoms with Crippen LogP contribution in [0.1, 0.15) is 67.0 Å². The van der Waals surface area contributed by atoms with E-state index in [1.807, 2.05) is 26.1 Å². The minimum absolute atomic E-state index is 0.0939. The average molecular weight is 531 g/mol. The molecule has 4 N–H and O–H groups in total. The lowest BCUT2D eigenvalue weighted by Gasteiger charge is -2.41.